The van der Waals surface area contributed by atoms with Crippen LogP contribution in [0.25, 0.3) is 0 Å². The van der Waals surface area contributed by atoms with Gasteiger partial charge in [0.25, 0.3) is 0 Å². The number of hydrogen-bond donors (Lipinski definition) is 0. The van der Waals surface area contributed by atoms with Gasteiger partial charge in [-0.2, -0.15) is 0 Å². The summed E-state index contributed by atoms with van der Waals surface area (Å²) < 4.78 is 5.56. The quantitative estimate of drug-likeness (QED) is 0.279. The normalized spacial score (nSPS) is 10.2. The van der Waals surface area contributed by atoms with Gasteiger partial charge in [-0.15, -0.1) is 0 Å². The molecular formula is C14H27NO2. The summed E-state index contributed by atoms with van der Waals surface area (Å²) in [5.41, 5.74) is 0. The molecule has 0 radical (unpaired) electrons. The van der Waals surface area contributed by atoms with Crippen LogP contribution in [-0.4, -0.2) is 25.8 Å². The van der Waals surface area contributed by atoms with Crippen LogP contribution in [0.5, 0.6) is 0 Å². The fourth-order valence-electron chi connectivity index (χ4n) is 1.70. The Morgan fingerprint density at radius 2 is 1.47 bits per heavy atom. The van der Waals surface area contributed by atoms with Crippen LogP contribution < -0.4 is 0 Å². The first kappa shape index (κ1) is 16.3. The molecule has 0 aliphatic rings. The van der Waals surface area contributed by atoms with Crippen LogP contribution in [0, 0.1) is 0 Å². The number of unbranched alkanes of at least 4 members (excludes halogenated alkanes) is 7. The van der Waals surface area contributed by atoms with E-state index in [-0.39, 0.29) is 0 Å². The Labute approximate surface area is 106 Å². The van der Waals surface area contributed by atoms with Crippen molar-refractivity contribution >= 4 is 6.08 Å². The Morgan fingerprint density at radius 1 is 0.882 bits per heavy atom. The van der Waals surface area contributed by atoms with Crippen molar-refractivity contribution in [3.05, 3.63) is 0 Å². The maximum Gasteiger partial charge on any atom is 0.234 e. The average molecular weight is 241 g/mol. The van der Waals surface area contributed by atoms with Crippen LogP contribution in [0.1, 0.15) is 64.7 Å². The molecule has 0 rings (SSSR count). The SMILES string of the molecule is CCCCCCCOCCCCCCN=C=O. The lowest BCUT2D eigenvalue weighted by Crippen LogP contribution is -1.97. The maximum atomic E-state index is 9.79. The van der Waals surface area contributed by atoms with E-state index in [1.54, 1.807) is 6.08 Å². The summed E-state index contributed by atoms with van der Waals surface area (Å²) in [7, 11) is 0. The summed E-state index contributed by atoms with van der Waals surface area (Å²) in [6.45, 7) is 4.66. The van der Waals surface area contributed by atoms with Crippen molar-refractivity contribution in [2.45, 2.75) is 64.7 Å². The number of rotatable bonds is 13. The molecule has 0 aliphatic heterocycles. The molecule has 0 aromatic heterocycles. The predicted molar refractivity (Wildman–Crippen MR) is 71.0 cm³/mol. The molecule has 0 spiro atoms. The summed E-state index contributed by atoms with van der Waals surface area (Å²) >= 11 is 0. The first-order chi connectivity index (χ1) is 8.41. The highest BCUT2D eigenvalue weighted by Gasteiger charge is 1.92. The zero-order valence-corrected chi connectivity index (χ0v) is 11.2. The van der Waals surface area contributed by atoms with Gasteiger partial charge in [0.05, 0.1) is 6.54 Å². The number of nitrogens with zero attached hydrogens (tertiary/aromatic N) is 1. The first-order valence-electron chi connectivity index (χ1n) is 7.03. The monoisotopic (exact) mass is 241 g/mol. The molecular weight excluding hydrogens is 214 g/mol. The first-order valence-corrected chi connectivity index (χ1v) is 7.03. The molecule has 0 bridgehead atoms. The second kappa shape index (κ2) is 15.3. The fraction of sp³-hybridized carbons (Fsp3) is 0.929. The number of carbonyl (C=O) groups excluding carboxylic acids is 1. The van der Waals surface area contributed by atoms with E-state index in [1.807, 2.05) is 0 Å². The van der Waals surface area contributed by atoms with Crippen molar-refractivity contribution in [1.29, 1.82) is 0 Å². The lowest BCUT2D eigenvalue weighted by Gasteiger charge is -2.03. The standard InChI is InChI=1S/C14H27NO2/c1-2-3-4-6-9-12-17-13-10-7-5-8-11-15-14-16/h2-13H2,1H3. The van der Waals surface area contributed by atoms with Crippen molar-refractivity contribution in [2.24, 2.45) is 4.99 Å². The Morgan fingerprint density at radius 3 is 2.06 bits per heavy atom. The molecule has 0 aromatic rings. The number of hydrogen-bond acceptors (Lipinski definition) is 3. The predicted octanol–water partition coefficient (Wildman–Crippen LogP) is 3.87. The van der Waals surface area contributed by atoms with E-state index in [1.165, 1.54) is 38.5 Å². The number of ether oxygens (including phenoxy) is 1. The van der Waals surface area contributed by atoms with Crippen LogP contribution in [0.4, 0.5) is 0 Å². The molecule has 0 aliphatic carbocycles. The molecule has 100 valence electrons. The molecule has 0 heterocycles. The third-order valence-corrected chi connectivity index (χ3v) is 2.77. The van der Waals surface area contributed by atoms with Crippen molar-refractivity contribution < 1.29 is 9.53 Å². The highest BCUT2D eigenvalue weighted by Crippen LogP contribution is 2.04. The molecule has 0 aromatic carbocycles. The molecule has 0 saturated heterocycles. The number of isocyanates is 1. The van der Waals surface area contributed by atoms with Gasteiger partial charge in [-0.3, -0.25) is 0 Å². The molecule has 17 heavy (non-hydrogen) atoms. The summed E-state index contributed by atoms with van der Waals surface area (Å²) in [5.74, 6) is 0. The van der Waals surface area contributed by atoms with Gasteiger partial charge in [0.2, 0.25) is 6.08 Å². The second-order valence-electron chi connectivity index (χ2n) is 4.41. The minimum Gasteiger partial charge on any atom is -0.381 e. The van der Waals surface area contributed by atoms with E-state index in [4.69, 9.17) is 4.74 Å². The third kappa shape index (κ3) is 15.3. The van der Waals surface area contributed by atoms with Gasteiger partial charge >= 0.3 is 0 Å². The maximum absolute atomic E-state index is 9.79. The van der Waals surface area contributed by atoms with Gasteiger partial charge in [-0.1, -0.05) is 45.4 Å². The number of aliphatic imine (C=N–C) groups is 1. The van der Waals surface area contributed by atoms with E-state index in [9.17, 15) is 4.79 Å². The zero-order valence-electron chi connectivity index (χ0n) is 11.2. The van der Waals surface area contributed by atoms with Gasteiger partial charge in [0, 0.05) is 13.2 Å². The molecule has 0 N–H and O–H groups in total. The Bertz CT molecular complexity index is 189. The molecule has 0 amide bonds. The van der Waals surface area contributed by atoms with Gasteiger partial charge in [0.1, 0.15) is 0 Å². The second-order valence-corrected chi connectivity index (χ2v) is 4.41. The van der Waals surface area contributed by atoms with E-state index < -0.39 is 0 Å². The lowest BCUT2D eigenvalue weighted by atomic mass is 10.2. The van der Waals surface area contributed by atoms with Crippen LogP contribution >= 0.6 is 0 Å². The average Bonchev–Trinajstić information content (AvgIpc) is 2.35. The fourth-order valence-corrected chi connectivity index (χ4v) is 1.70. The van der Waals surface area contributed by atoms with Gasteiger partial charge in [-0.05, 0) is 19.3 Å². The smallest absolute Gasteiger partial charge is 0.234 e. The molecule has 3 nitrogen and oxygen atoms in total. The summed E-state index contributed by atoms with van der Waals surface area (Å²) in [6.07, 6.45) is 12.5. The minimum absolute atomic E-state index is 0.627. The molecule has 0 atom stereocenters. The third-order valence-electron chi connectivity index (χ3n) is 2.77. The lowest BCUT2D eigenvalue weighted by molar-refractivity contribution is 0.125. The Kier molecular flexibility index (Phi) is 14.7. The molecule has 0 unspecified atom stereocenters. The van der Waals surface area contributed by atoms with Crippen LogP contribution in [0.3, 0.4) is 0 Å². The Hall–Kier alpha value is -0.660. The van der Waals surface area contributed by atoms with Crippen molar-refractivity contribution in [1.82, 2.24) is 0 Å². The zero-order chi connectivity index (χ0) is 12.6. The highest BCUT2D eigenvalue weighted by atomic mass is 16.5. The molecule has 3 heteroatoms. The van der Waals surface area contributed by atoms with Gasteiger partial charge in [-0.25, -0.2) is 9.79 Å². The molecule has 0 saturated carbocycles. The van der Waals surface area contributed by atoms with E-state index in [2.05, 4.69) is 11.9 Å². The van der Waals surface area contributed by atoms with E-state index in [0.29, 0.717) is 6.54 Å². The van der Waals surface area contributed by atoms with Crippen molar-refractivity contribution in [2.75, 3.05) is 19.8 Å². The van der Waals surface area contributed by atoms with Crippen LogP contribution in [0.2, 0.25) is 0 Å². The van der Waals surface area contributed by atoms with Gasteiger partial charge in [0.15, 0.2) is 0 Å². The molecule has 0 fully saturated rings. The van der Waals surface area contributed by atoms with E-state index >= 15 is 0 Å². The largest absolute Gasteiger partial charge is 0.381 e. The summed E-state index contributed by atoms with van der Waals surface area (Å²) in [5, 5.41) is 0. The van der Waals surface area contributed by atoms with Crippen LogP contribution in [-0.2, 0) is 9.53 Å². The summed E-state index contributed by atoms with van der Waals surface area (Å²) in [6, 6.07) is 0. The van der Waals surface area contributed by atoms with Gasteiger partial charge < -0.3 is 4.74 Å². The van der Waals surface area contributed by atoms with Crippen molar-refractivity contribution in [3.63, 3.8) is 0 Å². The summed E-state index contributed by atoms with van der Waals surface area (Å²) in [4.78, 5) is 13.3. The minimum atomic E-state index is 0.627. The van der Waals surface area contributed by atoms with Crippen molar-refractivity contribution in [3.8, 4) is 0 Å². The topological polar surface area (TPSA) is 38.7 Å². The highest BCUT2D eigenvalue weighted by molar-refractivity contribution is 5.32. The van der Waals surface area contributed by atoms with E-state index in [0.717, 1.165) is 32.5 Å². The Balaban J connectivity index is 2.91. The van der Waals surface area contributed by atoms with Crippen LogP contribution in [0.15, 0.2) is 4.99 Å².